The van der Waals surface area contributed by atoms with Gasteiger partial charge in [0.15, 0.2) is 4.90 Å². The lowest BCUT2D eigenvalue weighted by Gasteiger charge is -2.25. The molecule has 1 amide bonds. The first-order valence-corrected chi connectivity index (χ1v) is 11.7. The Morgan fingerprint density at radius 2 is 1.81 bits per heavy atom. The predicted octanol–water partition coefficient (Wildman–Crippen LogP) is 3.10. The number of amides is 1. The maximum Gasteiger partial charge on any atom is 0.289 e. The highest BCUT2D eigenvalue weighted by Gasteiger charge is 2.34. The highest BCUT2D eigenvalue weighted by molar-refractivity contribution is 7.93. The van der Waals surface area contributed by atoms with Gasteiger partial charge in [0.1, 0.15) is 23.9 Å². The van der Waals surface area contributed by atoms with E-state index >= 15 is 0 Å². The topological polar surface area (TPSA) is 140 Å². The molecule has 3 aromatic rings. The number of hydrogen-bond donors (Lipinski definition) is 1. The van der Waals surface area contributed by atoms with E-state index in [0.717, 1.165) is 12.1 Å². The standard InChI is InChI=1S/C23H21FN4O7S/c1-34-18-11-12-19(21(13-18)35-2)27(36(32,33)22-6-4-3-5-20(22)28(30)31)15-23(29)26-25-14-16-7-9-17(24)10-8-16/h3-14H,15H2,1-2H3,(H,26,29)/b25-14-. The number of hydrazone groups is 1. The molecule has 0 saturated heterocycles. The van der Waals surface area contributed by atoms with Gasteiger partial charge in [-0.3, -0.25) is 19.2 Å². The fourth-order valence-corrected chi connectivity index (χ4v) is 4.72. The Hall–Kier alpha value is -4.52. The van der Waals surface area contributed by atoms with Crippen molar-refractivity contribution in [2.24, 2.45) is 5.10 Å². The number of nitro groups is 1. The number of rotatable bonds is 10. The van der Waals surface area contributed by atoms with Crippen LogP contribution >= 0.6 is 0 Å². The van der Waals surface area contributed by atoms with E-state index in [4.69, 9.17) is 9.47 Å². The molecule has 3 aromatic carbocycles. The third kappa shape index (κ3) is 5.93. The number of carbonyl (C=O) groups excluding carboxylic acids is 1. The van der Waals surface area contributed by atoms with Gasteiger partial charge in [0.25, 0.3) is 21.6 Å². The van der Waals surface area contributed by atoms with Crippen molar-refractivity contribution in [3.05, 3.63) is 88.2 Å². The normalized spacial score (nSPS) is 11.2. The number of nitrogens with zero attached hydrogens (tertiary/aromatic N) is 3. The lowest BCUT2D eigenvalue weighted by molar-refractivity contribution is -0.387. The molecule has 0 unspecified atom stereocenters. The number of halogens is 1. The number of sulfonamides is 1. The average Bonchev–Trinajstić information content (AvgIpc) is 2.88. The molecule has 1 N–H and O–H groups in total. The first-order valence-electron chi connectivity index (χ1n) is 10.2. The van der Waals surface area contributed by atoms with Gasteiger partial charge in [0.2, 0.25) is 0 Å². The Bertz CT molecular complexity index is 1400. The third-order valence-corrected chi connectivity index (χ3v) is 6.65. The fraction of sp³-hybridized carbons (Fsp3) is 0.130. The third-order valence-electron chi connectivity index (χ3n) is 4.85. The van der Waals surface area contributed by atoms with Crippen LogP contribution < -0.4 is 19.2 Å². The summed E-state index contributed by atoms with van der Waals surface area (Å²) in [6, 6.07) is 14.2. The molecule has 0 radical (unpaired) electrons. The number of nitro benzene ring substituents is 1. The number of anilines is 1. The summed E-state index contributed by atoms with van der Waals surface area (Å²) in [5.41, 5.74) is 1.96. The second-order valence-corrected chi connectivity index (χ2v) is 8.95. The molecule has 0 aliphatic heterocycles. The Morgan fingerprint density at radius 1 is 1.11 bits per heavy atom. The number of nitrogens with one attached hydrogen (secondary N) is 1. The molecule has 0 spiro atoms. The zero-order valence-corrected chi connectivity index (χ0v) is 19.9. The summed E-state index contributed by atoms with van der Waals surface area (Å²) in [7, 11) is -1.94. The molecular formula is C23H21FN4O7S. The molecular weight excluding hydrogens is 495 g/mol. The summed E-state index contributed by atoms with van der Waals surface area (Å²) in [5.74, 6) is -0.903. The van der Waals surface area contributed by atoms with Gasteiger partial charge in [-0.05, 0) is 35.9 Å². The van der Waals surface area contributed by atoms with Gasteiger partial charge in [-0.1, -0.05) is 24.3 Å². The van der Waals surface area contributed by atoms with Gasteiger partial charge in [0, 0.05) is 12.1 Å². The summed E-state index contributed by atoms with van der Waals surface area (Å²) in [5, 5.41) is 15.3. The van der Waals surface area contributed by atoms with E-state index in [0.29, 0.717) is 15.6 Å². The number of carbonyl (C=O) groups is 1. The largest absolute Gasteiger partial charge is 0.497 e. The minimum absolute atomic E-state index is 0.0409. The first-order chi connectivity index (χ1) is 17.2. The molecule has 0 heterocycles. The second-order valence-electron chi connectivity index (χ2n) is 7.12. The summed E-state index contributed by atoms with van der Waals surface area (Å²) in [6.07, 6.45) is 1.24. The zero-order chi connectivity index (χ0) is 26.3. The molecule has 13 heteroatoms. The Labute approximate surface area is 206 Å². The number of para-hydroxylation sites is 1. The number of methoxy groups -OCH3 is 2. The molecule has 36 heavy (non-hydrogen) atoms. The second kappa shape index (κ2) is 11.3. The van der Waals surface area contributed by atoms with Crippen molar-refractivity contribution >= 4 is 33.5 Å². The highest BCUT2D eigenvalue weighted by atomic mass is 32.2. The van der Waals surface area contributed by atoms with Crippen molar-refractivity contribution in [3.63, 3.8) is 0 Å². The Kier molecular flexibility index (Phi) is 8.17. The van der Waals surface area contributed by atoms with Crippen molar-refractivity contribution in [2.75, 3.05) is 25.1 Å². The van der Waals surface area contributed by atoms with Gasteiger partial charge in [0.05, 0.1) is 31.0 Å². The molecule has 0 atom stereocenters. The van der Waals surface area contributed by atoms with Gasteiger partial charge in [-0.2, -0.15) is 5.10 Å². The van der Waals surface area contributed by atoms with Gasteiger partial charge >= 0.3 is 0 Å². The van der Waals surface area contributed by atoms with Gasteiger partial charge < -0.3 is 9.47 Å². The first kappa shape index (κ1) is 26.1. The van der Waals surface area contributed by atoms with E-state index < -0.39 is 43.8 Å². The maximum atomic E-state index is 13.6. The minimum atomic E-state index is -4.64. The smallest absolute Gasteiger partial charge is 0.289 e. The van der Waals surface area contributed by atoms with Crippen molar-refractivity contribution in [2.45, 2.75) is 4.90 Å². The van der Waals surface area contributed by atoms with Crippen LogP contribution in [0.5, 0.6) is 11.5 Å². The summed E-state index contributed by atoms with van der Waals surface area (Å²) in [4.78, 5) is 22.8. The van der Waals surface area contributed by atoms with E-state index in [1.54, 1.807) is 0 Å². The van der Waals surface area contributed by atoms with Crippen LogP contribution in [0.1, 0.15) is 5.56 Å². The number of hydrogen-bond acceptors (Lipinski definition) is 8. The molecule has 3 rings (SSSR count). The van der Waals surface area contributed by atoms with Gasteiger partial charge in [-0.15, -0.1) is 0 Å². The average molecular weight is 517 g/mol. The van der Waals surface area contributed by atoms with E-state index in [2.05, 4.69) is 10.5 Å². The van der Waals surface area contributed by atoms with Gasteiger partial charge in [-0.25, -0.2) is 18.2 Å². The summed E-state index contributed by atoms with van der Waals surface area (Å²) < 4.78 is 51.4. The van der Waals surface area contributed by atoms with Crippen molar-refractivity contribution < 1.29 is 32.0 Å². The van der Waals surface area contributed by atoms with Crippen LogP contribution in [0.4, 0.5) is 15.8 Å². The van der Waals surface area contributed by atoms with E-state index in [-0.39, 0.29) is 11.4 Å². The molecule has 188 valence electrons. The van der Waals surface area contributed by atoms with Crippen molar-refractivity contribution in [1.82, 2.24) is 5.43 Å². The van der Waals surface area contributed by atoms with Crippen LogP contribution in [-0.2, 0) is 14.8 Å². The Balaban J connectivity index is 2.00. The van der Waals surface area contributed by atoms with Crippen LogP contribution in [-0.4, -0.2) is 46.2 Å². The number of benzene rings is 3. The quantitative estimate of drug-likeness (QED) is 0.248. The molecule has 11 nitrogen and oxygen atoms in total. The Morgan fingerprint density at radius 3 is 2.44 bits per heavy atom. The predicted molar refractivity (Wildman–Crippen MR) is 129 cm³/mol. The maximum absolute atomic E-state index is 13.6. The van der Waals surface area contributed by atoms with Crippen molar-refractivity contribution in [3.8, 4) is 11.5 Å². The molecule has 0 aliphatic rings. The molecule has 0 saturated carbocycles. The fourth-order valence-electron chi connectivity index (χ4n) is 3.13. The van der Waals surface area contributed by atoms with E-state index in [9.17, 15) is 27.7 Å². The SMILES string of the molecule is COc1ccc(N(CC(=O)N/N=C\c2ccc(F)cc2)S(=O)(=O)c2ccccc2[N+](=O)[O-])c(OC)c1. The van der Waals surface area contributed by atoms with Crippen LogP contribution in [0.2, 0.25) is 0 Å². The van der Waals surface area contributed by atoms with E-state index in [1.165, 1.54) is 75.0 Å². The van der Waals surface area contributed by atoms with Crippen LogP contribution in [0.3, 0.4) is 0 Å². The highest BCUT2D eigenvalue weighted by Crippen LogP contribution is 2.37. The summed E-state index contributed by atoms with van der Waals surface area (Å²) >= 11 is 0. The molecule has 0 aliphatic carbocycles. The molecule has 0 bridgehead atoms. The number of ether oxygens (including phenoxy) is 2. The van der Waals surface area contributed by atoms with Crippen LogP contribution in [0.25, 0.3) is 0 Å². The molecule has 0 fully saturated rings. The van der Waals surface area contributed by atoms with E-state index in [1.807, 2.05) is 0 Å². The zero-order valence-electron chi connectivity index (χ0n) is 19.1. The lowest BCUT2D eigenvalue weighted by Crippen LogP contribution is -2.40. The van der Waals surface area contributed by atoms with Crippen molar-refractivity contribution in [1.29, 1.82) is 0 Å². The molecule has 0 aromatic heterocycles. The lowest BCUT2D eigenvalue weighted by atomic mass is 10.2. The monoisotopic (exact) mass is 516 g/mol. The minimum Gasteiger partial charge on any atom is -0.497 e. The summed E-state index contributed by atoms with van der Waals surface area (Å²) in [6.45, 7) is -0.794. The van der Waals surface area contributed by atoms with Crippen LogP contribution in [0.15, 0.2) is 76.7 Å². The van der Waals surface area contributed by atoms with Crippen LogP contribution in [0, 0.1) is 15.9 Å².